The van der Waals surface area contributed by atoms with Crippen molar-refractivity contribution in [1.29, 1.82) is 0 Å². The quantitative estimate of drug-likeness (QED) is 0.403. The number of benzene rings is 1. The molecule has 1 rings (SSSR count). The first-order valence-electron chi connectivity index (χ1n) is 8.43. The van der Waals surface area contributed by atoms with E-state index in [0.717, 1.165) is 11.4 Å². The first-order valence-corrected chi connectivity index (χ1v) is 8.43. The van der Waals surface area contributed by atoms with Gasteiger partial charge in [0.1, 0.15) is 12.3 Å². The van der Waals surface area contributed by atoms with Gasteiger partial charge in [0.15, 0.2) is 5.96 Å². The van der Waals surface area contributed by atoms with Gasteiger partial charge < -0.3 is 20.7 Å². The Hall–Kier alpha value is -2.50. The molecule has 0 fully saturated rings. The van der Waals surface area contributed by atoms with Crippen molar-refractivity contribution < 1.29 is 9.53 Å². The van der Waals surface area contributed by atoms with Gasteiger partial charge in [-0.2, -0.15) is 0 Å². The Labute approximate surface area is 150 Å². The minimum absolute atomic E-state index is 0.0400. The van der Waals surface area contributed by atoms with Crippen LogP contribution in [0.15, 0.2) is 41.9 Å². The van der Waals surface area contributed by atoms with Gasteiger partial charge in [0, 0.05) is 17.8 Å². The summed E-state index contributed by atoms with van der Waals surface area (Å²) < 4.78 is 5.62. The third kappa shape index (κ3) is 9.39. The van der Waals surface area contributed by atoms with Gasteiger partial charge in [-0.1, -0.05) is 6.08 Å². The number of carbonyl (C=O) groups is 1. The molecule has 1 amide bonds. The van der Waals surface area contributed by atoms with Crippen LogP contribution in [0.4, 0.5) is 5.69 Å². The molecule has 0 saturated carbocycles. The number of carbonyl (C=O) groups excluding carboxylic acids is 1. The van der Waals surface area contributed by atoms with Crippen molar-refractivity contribution in [1.82, 2.24) is 10.6 Å². The van der Waals surface area contributed by atoms with E-state index in [0.29, 0.717) is 12.5 Å². The highest BCUT2D eigenvalue weighted by atomic mass is 16.5. The minimum atomic E-state index is -0.277. The van der Waals surface area contributed by atoms with E-state index < -0.39 is 0 Å². The molecule has 3 N–H and O–H groups in total. The molecule has 0 spiro atoms. The highest BCUT2D eigenvalue weighted by Crippen LogP contribution is 2.16. The van der Waals surface area contributed by atoms with Crippen molar-refractivity contribution in [2.75, 3.05) is 18.4 Å². The van der Waals surface area contributed by atoms with E-state index in [1.807, 2.05) is 58.9 Å². The number of hydrogen-bond donors (Lipinski definition) is 3. The van der Waals surface area contributed by atoms with Crippen LogP contribution >= 0.6 is 0 Å². The molecule has 0 radical (unpaired) electrons. The summed E-state index contributed by atoms with van der Waals surface area (Å²) in [6.45, 7) is 14.0. The maximum Gasteiger partial charge on any atom is 0.242 e. The zero-order valence-corrected chi connectivity index (χ0v) is 15.8. The van der Waals surface area contributed by atoms with Crippen LogP contribution in [-0.2, 0) is 4.79 Å². The van der Waals surface area contributed by atoms with Crippen molar-refractivity contribution in [2.45, 2.75) is 46.3 Å². The number of nitrogens with one attached hydrogen (secondary N) is 3. The number of guanidine groups is 1. The summed E-state index contributed by atoms with van der Waals surface area (Å²) in [5.74, 6) is 1.19. The summed E-state index contributed by atoms with van der Waals surface area (Å²) >= 11 is 0. The topological polar surface area (TPSA) is 74.8 Å². The predicted octanol–water partition coefficient (Wildman–Crippen LogP) is 2.93. The van der Waals surface area contributed by atoms with Gasteiger partial charge in [-0.05, 0) is 58.9 Å². The molecule has 0 aliphatic carbocycles. The van der Waals surface area contributed by atoms with Gasteiger partial charge in [0.05, 0.1) is 6.10 Å². The number of nitrogens with zero attached hydrogens (tertiary/aromatic N) is 1. The van der Waals surface area contributed by atoms with Crippen molar-refractivity contribution in [3.63, 3.8) is 0 Å². The molecule has 0 atom stereocenters. The summed E-state index contributed by atoms with van der Waals surface area (Å²) in [6, 6.07) is 7.58. The third-order valence-corrected chi connectivity index (χ3v) is 2.80. The summed E-state index contributed by atoms with van der Waals surface area (Å²) in [5.41, 5.74) is 0.573. The fourth-order valence-electron chi connectivity index (χ4n) is 1.94. The van der Waals surface area contributed by atoms with Crippen LogP contribution in [-0.4, -0.2) is 36.6 Å². The molecule has 6 nitrogen and oxygen atoms in total. The first kappa shape index (κ1) is 20.5. The number of ether oxygens (including phenoxy) is 1. The van der Waals surface area contributed by atoms with E-state index in [9.17, 15) is 4.79 Å². The highest BCUT2D eigenvalue weighted by Gasteiger charge is 2.13. The van der Waals surface area contributed by atoms with Crippen LogP contribution in [0.3, 0.4) is 0 Å². The summed E-state index contributed by atoms with van der Waals surface area (Å²) in [6.07, 6.45) is 1.86. The second-order valence-electron chi connectivity index (χ2n) is 6.95. The number of hydrogen-bond acceptors (Lipinski definition) is 3. The Bertz CT molecular complexity index is 586. The molecule has 0 aromatic heterocycles. The first-order chi connectivity index (χ1) is 11.7. The molecule has 0 unspecified atom stereocenters. The molecular weight excluding hydrogens is 316 g/mol. The van der Waals surface area contributed by atoms with Crippen LogP contribution in [0.2, 0.25) is 0 Å². The van der Waals surface area contributed by atoms with E-state index in [1.165, 1.54) is 0 Å². The smallest absolute Gasteiger partial charge is 0.242 e. The lowest BCUT2D eigenvalue weighted by Crippen LogP contribution is -2.42. The summed E-state index contributed by atoms with van der Waals surface area (Å²) in [4.78, 5) is 16.2. The fourth-order valence-corrected chi connectivity index (χ4v) is 1.94. The lowest BCUT2D eigenvalue weighted by atomic mass is 10.1. The minimum Gasteiger partial charge on any atom is -0.491 e. The molecule has 0 aliphatic rings. The number of aliphatic imine (C=N–C) groups is 1. The van der Waals surface area contributed by atoms with Gasteiger partial charge in [0.2, 0.25) is 5.91 Å². The molecule has 0 aliphatic heterocycles. The second-order valence-corrected chi connectivity index (χ2v) is 6.95. The molecule has 25 heavy (non-hydrogen) atoms. The molecule has 0 heterocycles. The number of anilines is 1. The van der Waals surface area contributed by atoms with E-state index in [4.69, 9.17) is 4.74 Å². The van der Waals surface area contributed by atoms with Crippen LogP contribution in [0.25, 0.3) is 0 Å². The monoisotopic (exact) mass is 346 g/mol. The molecule has 0 saturated heterocycles. The highest BCUT2D eigenvalue weighted by molar-refractivity contribution is 5.95. The van der Waals surface area contributed by atoms with Gasteiger partial charge in [-0.25, -0.2) is 4.99 Å². The zero-order valence-electron chi connectivity index (χ0n) is 15.8. The van der Waals surface area contributed by atoms with Crippen LogP contribution in [0.1, 0.15) is 34.6 Å². The van der Waals surface area contributed by atoms with E-state index in [2.05, 4.69) is 27.5 Å². The van der Waals surface area contributed by atoms with Crippen LogP contribution in [0, 0.1) is 0 Å². The van der Waals surface area contributed by atoms with Crippen molar-refractivity contribution in [2.24, 2.45) is 4.99 Å². The average molecular weight is 346 g/mol. The predicted molar refractivity (Wildman–Crippen MR) is 104 cm³/mol. The number of amides is 1. The Kier molecular flexibility index (Phi) is 7.98. The molecule has 1 aromatic carbocycles. The maximum atomic E-state index is 11.9. The van der Waals surface area contributed by atoms with Gasteiger partial charge in [-0.3, -0.25) is 4.79 Å². The SMILES string of the molecule is C=CCNC(=NCC(=O)NC(C)(C)C)Nc1ccc(OC(C)C)cc1. The van der Waals surface area contributed by atoms with Crippen molar-refractivity contribution >= 4 is 17.6 Å². The third-order valence-electron chi connectivity index (χ3n) is 2.80. The Morgan fingerprint density at radius 2 is 1.92 bits per heavy atom. The average Bonchev–Trinajstić information content (AvgIpc) is 2.49. The summed E-state index contributed by atoms with van der Waals surface area (Å²) in [5, 5.41) is 9.14. The van der Waals surface area contributed by atoms with Gasteiger partial charge >= 0.3 is 0 Å². The van der Waals surface area contributed by atoms with Crippen molar-refractivity contribution in [3.8, 4) is 5.75 Å². The fraction of sp³-hybridized carbons (Fsp3) is 0.474. The van der Waals surface area contributed by atoms with E-state index in [1.54, 1.807) is 6.08 Å². The number of rotatable bonds is 7. The Balaban J connectivity index is 2.73. The molecule has 138 valence electrons. The van der Waals surface area contributed by atoms with Gasteiger partial charge in [0.25, 0.3) is 0 Å². The standard InChI is InChI=1S/C19H30N4O2/c1-7-12-20-18(21-13-17(24)23-19(4,5)6)22-15-8-10-16(11-9-15)25-14(2)3/h7-11,14H,1,12-13H2,2-6H3,(H,23,24)(H2,20,21,22). The van der Waals surface area contributed by atoms with Gasteiger partial charge in [-0.15, -0.1) is 6.58 Å². The maximum absolute atomic E-state index is 11.9. The zero-order chi connectivity index (χ0) is 18.9. The van der Waals surface area contributed by atoms with E-state index in [-0.39, 0.29) is 24.1 Å². The molecule has 0 bridgehead atoms. The lowest BCUT2D eigenvalue weighted by Gasteiger charge is -2.20. The van der Waals surface area contributed by atoms with E-state index >= 15 is 0 Å². The Morgan fingerprint density at radius 1 is 1.28 bits per heavy atom. The molecule has 6 heteroatoms. The largest absolute Gasteiger partial charge is 0.491 e. The molecular formula is C19H30N4O2. The Morgan fingerprint density at radius 3 is 2.44 bits per heavy atom. The second kappa shape index (κ2) is 9.71. The van der Waals surface area contributed by atoms with Crippen LogP contribution < -0.4 is 20.7 Å². The normalized spacial score (nSPS) is 11.8. The molecule has 1 aromatic rings. The van der Waals surface area contributed by atoms with Crippen molar-refractivity contribution in [3.05, 3.63) is 36.9 Å². The lowest BCUT2D eigenvalue weighted by molar-refractivity contribution is -0.121. The van der Waals surface area contributed by atoms with Crippen LogP contribution in [0.5, 0.6) is 5.75 Å². The summed E-state index contributed by atoms with van der Waals surface area (Å²) in [7, 11) is 0.